The summed E-state index contributed by atoms with van der Waals surface area (Å²) in [5, 5.41) is 4.79. The van der Waals surface area contributed by atoms with Crippen molar-refractivity contribution in [1.82, 2.24) is 25.1 Å². The first-order valence-corrected chi connectivity index (χ1v) is 12.1. The maximum atomic E-state index is 14.8. The van der Waals surface area contributed by atoms with E-state index in [0.29, 0.717) is 39.4 Å². The van der Waals surface area contributed by atoms with E-state index in [1.54, 1.807) is 19.1 Å². The molecule has 0 unspecified atom stereocenters. The van der Waals surface area contributed by atoms with Gasteiger partial charge in [-0.2, -0.15) is 4.98 Å². The van der Waals surface area contributed by atoms with Gasteiger partial charge >= 0.3 is 5.97 Å². The Hall–Kier alpha value is -3.95. The number of ether oxygens (including phenoxy) is 1. The minimum absolute atomic E-state index is 0.193. The van der Waals surface area contributed by atoms with Crippen LogP contribution in [0.25, 0.3) is 22.2 Å². The number of benzene rings is 1. The van der Waals surface area contributed by atoms with Gasteiger partial charge in [0.15, 0.2) is 5.82 Å². The predicted octanol–water partition coefficient (Wildman–Crippen LogP) is 4.90. The number of nitrogens with zero attached hydrogens (tertiary/aromatic N) is 6. The first-order chi connectivity index (χ1) is 17.4. The lowest BCUT2D eigenvalue weighted by atomic mass is 9.95. The first-order valence-electron chi connectivity index (χ1n) is 12.1. The molecule has 0 aliphatic carbocycles. The predicted molar refractivity (Wildman–Crippen MR) is 131 cm³/mol. The fourth-order valence-electron chi connectivity index (χ4n) is 4.45. The largest absolute Gasteiger partial charge is 0.462 e. The Kier molecular flexibility index (Phi) is 6.58. The highest BCUT2D eigenvalue weighted by Crippen LogP contribution is 2.35. The quantitative estimate of drug-likeness (QED) is 0.349. The van der Waals surface area contributed by atoms with Crippen molar-refractivity contribution >= 4 is 22.7 Å². The molecule has 0 spiro atoms. The van der Waals surface area contributed by atoms with Crippen molar-refractivity contribution in [2.24, 2.45) is 0 Å². The highest BCUT2D eigenvalue weighted by molar-refractivity contribution is 5.99. The minimum Gasteiger partial charge on any atom is -0.462 e. The summed E-state index contributed by atoms with van der Waals surface area (Å²) in [6, 6.07) is 6.15. The zero-order valence-electron chi connectivity index (χ0n) is 20.4. The molecule has 1 aromatic carbocycles. The van der Waals surface area contributed by atoms with Crippen molar-refractivity contribution < 1.29 is 18.4 Å². The van der Waals surface area contributed by atoms with Gasteiger partial charge in [-0.1, -0.05) is 19.0 Å². The van der Waals surface area contributed by atoms with Gasteiger partial charge in [-0.15, -0.1) is 0 Å². The Balaban J connectivity index is 1.41. The van der Waals surface area contributed by atoms with Crippen LogP contribution in [0, 0.1) is 5.82 Å². The molecule has 36 heavy (non-hydrogen) atoms. The van der Waals surface area contributed by atoms with Crippen LogP contribution in [0.4, 0.5) is 10.2 Å². The monoisotopic (exact) mass is 490 g/mol. The molecule has 0 bridgehead atoms. The summed E-state index contributed by atoms with van der Waals surface area (Å²) in [4.78, 5) is 32.0. The molecule has 1 fully saturated rings. The third kappa shape index (κ3) is 4.62. The van der Waals surface area contributed by atoms with Crippen LogP contribution >= 0.6 is 0 Å². The van der Waals surface area contributed by atoms with Crippen LogP contribution in [0.3, 0.4) is 0 Å². The lowest BCUT2D eigenvalue weighted by Crippen LogP contribution is -2.34. The number of pyridine rings is 1. The van der Waals surface area contributed by atoms with Crippen LogP contribution in [-0.4, -0.2) is 50.8 Å². The fourth-order valence-corrected chi connectivity index (χ4v) is 4.45. The van der Waals surface area contributed by atoms with Gasteiger partial charge in [0.1, 0.15) is 18.0 Å². The Labute approximate surface area is 207 Å². The number of halogens is 1. The second kappa shape index (κ2) is 9.96. The smallest absolute Gasteiger partial charge is 0.339 e. The molecule has 0 saturated carbocycles. The molecule has 9 nitrogen and oxygen atoms in total. The standard InChI is InChI=1S/C26H27FN6O3/c1-4-35-26(34)17-5-6-21(28-13-17)19-11-18(27)12-20-22(19)29-14-30-24(20)33-9-7-16(8-10-33)23-31-25(15(2)3)36-32-23/h5-6,11-16H,4,7-10H2,1-3H3. The molecule has 3 aromatic heterocycles. The van der Waals surface area contributed by atoms with Gasteiger partial charge < -0.3 is 14.2 Å². The van der Waals surface area contributed by atoms with E-state index in [0.717, 1.165) is 31.8 Å². The molecule has 186 valence electrons. The average Bonchev–Trinajstić information content (AvgIpc) is 3.39. The Bertz CT molecular complexity index is 1380. The lowest BCUT2D eigenvalue weighted by Gasteiger charge is -2.32. The molecule has 0 N–H and O–H groups in total. The maximum absolute atomic E-state index is 14.8. The number of rotatable bonds is 6. The van der Waals surface area contributed by atoms with E-state index in [1.807, 2.05) is 13.8 Å². The maximum Gasteiger partial charge on any atom is 0.339 e. The molecule has 10 heteroatoms. The number of hydrogen-bond donors (Lipinski definition) is 0. The van der Waals surface area contributed by atoms with E-state index in [2.05, 4.69) is 30.0 Å². The summed E-state index contributed by atoms with van der Waals surface area (Å²) < 4.78 is 25.2. The third-order valence-corrected chi connectivity index (χ3v) is 6.34. The molecule has 1 aliphatic heterocycles. The molecule has 4 aromatic rings. The Morgan fingerprint density at radius 2 is 2.00 bits per heavy atom. The van der Waals surface area contributed by atoms with Crippen LogP contribution in [0.5, 0.6) is 0 Å². The Morgan fingerprint density at radius 1 is 1.19 bits per heavy atom. The molecule has 0 atom stereocenters. The van der Waals surface area contributed by atoms with Crippen molar-refractivity contribution in [3.63, 3.8) is 0 Å². The van der Waals surface area contributed by atoms with E-state index in [1.165, 1.54) is 24.7 Å². The number of piperidine rings is 1. The van der Waals surface area contributed by atoms with Crippen LogP contribution in [0.2, 0.25) is 0 Å². The highest BCUT2D eigenvalue weighted by Gasteiger charge is 2.27. The number of carbonyl (C=O) groups excluding carboxylic acids is 1. The summed E-state index contributed by atoms with van der Waals surface area (Å²) in [6.45, 7) is 7.52. The van der Waals surface area contributed by atoms with Crippen molar-refractivity contribution in [3.8, 4) is 11.3 Å². The van der Waals surface area contributed by atoms with E-state index in [4.69, 9.17) is 9.26 Å². The molecular formula is C26H27FN6O3. The molecule has 1 aliphatic rings. The van der Waals surface area contributed by atoms with Gasteiger partial charge in [-0.3, -0.25) is 4.98 Å². The van der Waals surface area contributed by atoms with Crippen molar-refractivity contribution in [3.05, 3.63) is 59.9 Å². The number of hydrogen-bond acceptors (Lipinski definition) is 9. The molecule has 0 radical (unpaired) electrons. The van der Waals surface area contributed by atoms with E-state index in [-0.39, 0.29) is 18.4 Å². The average molecular weight is 491 g/mol. The summed E-state index contributed by atoms with van der Waals surface area (Å²) in [5.74, 6) is 1.62. The second-order valence-corrected chi connectivity index (χ2v) is 9.11. The van der Waals surface area contributed by atoms with E-state index >= 15 is 0 Å². The van der Waals surface area contributed by atoms with Gasteiger partial charge in [0.05, 0.1) is 23.4 Å². The van der Waals surface area contributed by atoms with E-state index < -0.39 is 11.8 Å². The van der Waals surface area contributed by atoms with Crippen LogP contribution < -0.4 is 4.90 Å². The van der Waals surface area contributed by atoms with Gasteiger partial charge in [-0.05, 0) is 44.0 Å². The van der Waals surface area contributed by atoms with Gasteiger partial charge in [0, 0.05) is 42.1 Å². The summed E-state index contributed by atoms with van der Waals surface area (Å²) >= 11 is 0. The number of carbonyl (C=O) groups is 1. The third-order valence-electron chi connectivity index (χ3n) is 6.34. The van der Waals surface area contributed by atoms with Gasteiger partial charge in [0.25, 0.3) is 0 Å². The van der Waals surface area contributed by atoms with Crippen molar-refractivity contribution in [2.45, 2.75) is 45.4 Å². The first kappa shape index (κ1) is 23.8. The van der Waals surface area contributed by atoms with Gasteiger partial charge in [-0.25, -0.2) is 19.2 Å². The Morgan fingerprint density at radius 3 is 2.67 bits per heavy atom. The molecule has 0 amide bonds. The number of aromatic nitrogens is 5. The van der Waals surface area contributed by atoms with Crippen LogP contribution in [-0.2, 0) is 4.74 Å². The normalized spacial score (nSPS) is 14.5. The fraction of sp³-hybridized carbons (Fsp3) is 0.385. The molecule has 4 heterocycles. The zero-order valence-corrected chi connectivity index (χ0v) is 20.4. The topological polar surface area (TPSA) is 107 Å². The van der Waals surface area contributed by atoms with Crippen LogP contribution in [0.15, 0.2) is 41.3 Å². The molecule has 5 rings (SSSR count). The van der Waals surface area contributed by atoms with Gasteiger partial charge in [0.2, 0.25) is 5.89 Å². The molecular weight excluding hydrogens is 463 g/mol. The SMILES string of the molecule is CCOC(=O)c1ccc(-c2cc(F)cc3c(N4CCC(c5noc(C(C)C)n5)CC4)ncnc23)nc1. The second-order valence-electron chi connectivity index (χ2n) is 9.11. The number of anilines is 1. The van der Waals surface area contributed by atoms with Crippen molar-refractivity contribution in [1.29, 1.82) is 0 Å². The lowest BCUT2D eigenvalue weighted by molar-refractivity contribution is 0.0526. The van der Waals surface area contributed by atoms with Crippen LogP contribution in [0.1, 0.15) is 67.5 Å². The summed E-state index contributed by atoms with van der Waals surface area (Å²) in [7, 11) is 0. The van der Waals surface area contributed by atoms with E-state index in [9.17, 15) is 9.18 Å². The summed E-state index contributed by atoms with van der Waals surface area (Å²) in [5.41, 5.74) is 1.97. The minimum atomic E-state index is -0.449. The zero-order chi connectivity index (χ0) is 25.2. The molecule has 1 saturated heterocycles. The number of esters is 1. The number of fused-ring (bicyclic) bond motifs is 1. The highest BCUT2D eigenvalue weighted by atomic mass is 19.1. The summed E-state index contributed by atoms with van der Waals surface area (Å²) in [6.07, 6.45) is 4.59. The van der Waals surface area contributed by atoms with Crippen molar-refractivity contribution in [2.75, 3.05) is 24.6 Å².